The van der Waals surface area contributed by atoms with Crippen LogP contribution in [-0.4, -0.2) is 30.7 Å². The van der Waals surface area contributed by atoms with Gasteiger partial charge >= 0.3 is 235 Å². The molecule has 0 bridgehead atoms. The third-order valence-electron chi connectivity index (χ3n) is 7.58. The molecule has 0 amide bonds. The van der Waals surface area contributed by atoms with Gasteiger partial charge in [-0.05, 0) is 0 Å². The van der Waals surface area contributed by atoms with Crippen molar-refractivity contribution in [2.45, 2.75) is 13.1 Å². The molecule has 198 valence electrons. The van der Waals surface area contributed by atoms with E-state index in [4.69, 9.17) is 0 Å². The average Bonchev–Trinajstić information content (AvgIpc) is 3.01. The van der Waals surface area contributed by atoms with E-state index in [2.05, 4.69) is 162 Å². The summed E-state index contributed by atoms with van der Waals surface area (Å²) < 4.78 is 0. The molecule has 1 N–H and O–H groups in total. The normalized spacial score (nSPS) is 11.9. The topological polar surface area (TPSA) is 15.3 Å². The summed E-state index contributed by atoms with van der Waals surface area (Å²) in [4.78, 5) is 2.55. The van der Waals surface area contributed by atoms with Crippen LogP contribution in [0.4, 0.5) is 0 Å². The van der Waals surface area contributed by atoms with Gasteiger partial charge in [0.25, 0.3) is 0 Å². The zero-order chi connectivity index (χ0) is 26.6. The minimum atomic E-state index is -2.20. The van der Waals surface area contributed by atoms with Crippen molar-refractivity contribution in [3.05, 3.63) is 163 Å². The Bertz CT molecular complexity index is 1220. The van der Waals surface area contributed by atoms with Crippen molar-refractivity contribution in [1.29, 1.82) is 0 Å². The maximum atomic E-state index is 3.85. The number of hydrogen-bond donors (Lipinski definition) is 1. The molecular weight excluding hydrogens is 491 g/mol. The van der Waals surface area contributed by atoms with Crippen molar-refractivity contribution in [2.75, 3.05) is 25.8 Å². The van der Waals surface area contributed by atoms with Gasteiger partial charge in [-0.2, -0.15) is 0 Å². The van der Waals surface area contributed by atoms with E-state index in [9.17, 15) is 0 Å². The Balaban J connectivity index is 1.31. The zero-order valence-corrected chi connectivity index (χ0v) is 23.6. The third-order valence-corrected chi connectivity index (χ3v) is 12.5. The number of nitrogens with zero attached hydrogens (tertiary/aromatic N) is 1. The van der Waals surface area contributed by atoms with Crippen LogP contribution in [0.5, 0.6) is 0 Å². The summed E-state index contributed by atoms with van der Waals surface area (Å²) in [6.45, 7) is 4.85. The molecule has 2 nitrogen and oxygen atoms in total. The van der Waals surface area contributed by atoms with Gasteiger partial charge in [0.1, 0.15) is 0 Å². The fraction of sp³-hybridized carbons (Fsp3) is 0.167. The Hall–Kier alpha value is -3.55. The van der Waals surface area contributed by atoms with E-state index < -0.39 is 7.26 Å². The van der Waals surface area contributed by atoms with E-state index in [0.29, 0.717) is 0 Å². The van der Waals surface area contributed by atoms with Gasteiger partial charge in [-0.25, -0.2) is 0 Å². The molecule has 0 aliphatic carbocycles. The van der Waals surface area contributed by atoms with Gasteiger partial charge in [0, 0.05) is 0 Å². The molecule has 0 saturated carbocycles. The van der Waals surface area contributed by atoms with E-state index in [-0.39, 0.29) is 0 Å². The van der Waals surface area contributed by atoms with E-state index in [1.54, 1.807) is 0 Å². The summed E-state index contributed by atoms with van der Waals surface area (Å²) >= 11 is 0. The predicted octanol–water partition coefficient (Wildman–Crippen LogP) is 6.00. The van der Waals surface area contributed by atoms with Crippen LogP contribution in [-0.2, 0) is 13.1 Å². The number of benzene rings is 5. The van der Waals surface area contributed by atoms with Gasteiger partial charge in [-0.15, -0.1) is 0 Å². The summed E-state index contributed by atoms with van der Waals surface area (Å²) in [7, 11) is -2.20. The van der Waals surface area contributed by atoms with Crippen LogP contribution in [0, 0.1) is 0 Å². The Labute approximate surface area is 234 Å². The van der Waals surface area contributed by atoms with Crippen molar-refractivity contribution < 1.29 is 0 Å². The van der Waals surface area contributed by atoms with Gasteiger partial charge in [-0.3, -0.25) is 0 Å². The Morgan fingerprint density at radius 1 is 0.436 bits per heavy atom. The van der Waals surface area contributed by atoms with Gasteiger partial charge in [0.15, 0.2) is 0 Å². The van der Waals surface area contributed by atoms with E-state index >= 15 is 0 Å². The van der Waals surface area contributed by atoms with Crippen LogP contribution in [0.25, 0.3) is 0 Å². The van der Waals surface area contributed by atoms with Crippen molar-refractivity contribution >= 4 is 23.2 Å². The van der Waals surface area contributed by atoms with Crippen molar-refractivity contribution in [2.24, 2.45) is 0 Å². The molecule has 0 radical (unpaired) electrons. The summed E-state index contributed by atoms with van der Waals surface area (Å²) in [5, 5.41) is 8.26. The zero-order valence-electron chi connectivity index (χ0n) is 22.6. The molecule has 5 rings (SSSR count). The fourth-order valence-electron chi connectivity index (χ4n) is 5.64. The Kier molecular flexibility index (Phi) is 9.71. The standard InChI is InChI=1S/C36H39N2P/c1-6-16-32(17-7-1)30-38(31-33-18-8-2-9-19-33)28-26-37-27-29-39(34-20-10-3-11-21-34,35-22-12-4-13-23-35)36-24-14-5-15-25-36/h1-25,37,39H,26-31H2. The predicted molar refractivity (Wildman–Crippen MR) is 171 cm³/mol. The summed E-state index contributed by atoms with van der Waals surface area (Å²) in [5.41, 5.74) is 2.72. The van der Waals surface area contributed by atoms with Crippen LogP contribution in [0.2, 0.25) is 0 Å². The molecule has 0 aromatic heterocycles. The van der Waals surface area contributed by atoms with E-state index in [0.717, 1.165) is 38.9 Å². The van der Waals surface area contributed by atoms with Gasteiger partial charge in [0.05, 0.1) is 0 Å². The first-order valence-electron chi connectivity index (χ1n) is 14.0. The van der Waals surface area contributed by atoms with Gasteiger partial charge in [0.2, 0.25) is 0 Å². The number of rotatable bonds is 13. The molecule has 0 saturated heterocycles. The van der Waals surface area contributed by atoms with Crippen LogP contribution in [0.1, 0.15) is 11.1 Å². The molecule has 5 aromatic rings. The molecule has 3 heteroatoms. The third kappa shape index (κ3) is 7.11. The second-order valence-electron chi connectivity index (χ2n) is 10.2. The summed E-state index contributed by atoms with van der Waals surface area (Å²) in [6.07, 6.45) is 1.11. The van der Waals surface area contributed by atoms with E-state index in [1.165, 1.54) is 27.0 Å². The SMILES string of the molecule is c1ccc(CN(CCNCC[PH](c2ccccc2)(c2ccccc2)c2ccccc2)Cc2ccccc2)cc1. The molecule has 5 aromatic carbocycles. The molecule has 0 spiro atoms. The van der Waals surface area contributed by atoms with Crippen molar-refractivity contribution in [3.8, 4) is 0 Å². The fourth-order valence-corrected chi connectivity index (χ4v) is 10.3. The Morgan fingerprint density at radius 2 is 0.795 bits per heavy atom. The molecular formula is C36H39N2P. The molecule has 0 aliphatic rings. The van der Waals surface area contributed by atoms with Crippen molar-refractivity contribution in [3.63, 3.8) is 0 Å². The molecule has 39 heavy (non-hydrogen) atoms. The van der Waals surface area contributed by atoms with Crippen LogP contribution in [0.3, 0.4) is 0 Å². The molecule has 0 unspecified atom stereocenters. The summed E-state index contributed by atoms with van der Waals surface area (Å²) in [5.74, 6) is 0. The van der Waals surface area contributed by atoms with Gasteiger partial charge < -0.3 is 0 Å². The Morgan fingerprint density at radius 3 is 1.18 bits per heavy atom. The molecule has 0 fully saturated rings. The minimum absolute atomic E-state index is 0.953. The number of nitrogens with one attached hydrogen (secondary N) is 1. The van der Waals surface area contributed by atoms with Gasteiger partial charge in [-0.1, -0.05) is 0 Å². The molecule has 0 aliphatic heterocycles. The summed E-state index contributed by atoms with van der Waals surface area (Å²) in [6, 6.07) is 55.2. The van der Waals surface area contributed by atoms with Crippen LogP contribution in [0.15, 0.2) is 152 Å². The molecule has 0 heterocycles. The quantitative estimate of drug-likeness (QED) is 0.148. The first kappa shape index (κ1) is 27.0. The first-order chi connectivity index (χ1) is 19.3. The monoisotopic (exact) mass is 530 g/mol. The number of hydrogen-bond acceptors (Lipinski definition) is 2. The van der Waals surface area contributed by atoms with Crippen molar-refractivity contribution in [1.82, 2.24) is 10.2 Å². The van der Waals surface area contributed by atoms with E-state index in [1.807, 2.05) is 0 Å². The first-order valence-corrected chi connectivity index (χ1v) is 16.2. The van der Waals surface area contributed by atoms with Crippen LogP contribution >= 0.6 is 7.26 Å². The van der Waals surface area contributed by atoms with Crippen LogP contribution < -0.4 is 21.2 Å². The second-order valence-corrected chi connectivity index (χ2v) is 14.2. The maximum absolute atomic E-state index is 3.85. The average molecular weight is 531 g/mol. The second kappa shape index (κ2) is 14.0. The molecule has 0 atom stereocenters.